The highest BCUT2D eigenvalue weighted by Gasteiger charge is 2.33. The van der Waals surface area contributed by atoms with Crippen LogP contribution in [0.4, 0.5) is 0 Å². The molecular weight excluding hydrogens is 428 g/mol. The lowest BCUT2D eigenvalue weighted by Gasteiger charge is -2.37. The molecule has 0 bridgehead atoms. The molecule has 0 saturated heterocycles. The van der Waals surface area contributed by atoms with Gasteiger partial charge in [0.25, 0.3) is 0 Å². The Morgan fingerprint density at radius 1 is 1.31 bits per heavy atom. The van der Waals surface area contributed by atoms with Crippen molar-refractivity contribution in [1.82, 2.24) is 9.80 Å². The van der Waals surface area contributed by atoms with E-state index in [1.807, 2.05) is 41.0 Å². The predicted molar refractivity (Wildman–Crippen MR) is 125 cm³/mol. The van der Waals surface area contributed by atoms with Gasteiger partial charge in [0, 0.05) is 38.7 Å². The minimum Gasteiger partial charge on any atom is -0.491 e. The summed E-state index contributed by atoms with van der Waals surface area (Å²) in [6.07, 6.45) is 0.194. The fourth-order valence-electron chi connectivity index (χ4n) is 4.04. The Morgan fingerprint density at radius 2 is 2.16 bits per heavy atom. The zero-order valence-electron chi connectivity index (χ0n) is 19.2. The van der Waals surface area contributed by atoms with Gasteiger partial charge in [-0.15, -0.1) is 11.3 Å². The van der Waals surface area contributed by atoms with Gasteiger partial charge in [-0.3, -0.25) is 9.69 Å². The summed E-state index contributed by atoms with van der Waals surface area (Å²) in [5.41, 5.74) is 2.31. The molecule has 1 aliphatic heterocycles. The third kappa shape index (κ3) is 6.76. The second-order valence-corrected chi connectivity index (χ2v) is 9.12. The predicted octanol–water partition coefficient (Wildman–Crippen LogP) is 2.52. The number of benzene rings is 1. The van der Waals surface area contributed by atoms with Gasteiger partial charge in [0.15, 0.2) is 0 Å². The third-order valence-corrected chi connectivity index (χ3v) is 6.61. The minimum absolute atomic E-state index is 0.0282. The zero-order chi connectivity index (χ0) is 22.9. The van der Waals surface area contributed by atoms with Crippen molar-refractivity contribution >= 4 is 17.2 Å². The molecule has 2 atom stereocenters. The topological polar surface area (TPSA) is 71.5 Å². The van der Waals surface area contributed by atoms with E-state index in [4.69, 9.17) is 14.2 Å². The molecule has 0 aliphatic carbocycles. The number of nitrogens with zero attached hydrogens (tertiary/aromatic N) is 2. The van der Waals surface area contributed by atoms with Gasteiger partial charge in [0.05, 0.1) is 31.9 Å². The van der Waals surface area contributed by atoms with Gasteiger partial charge in [-0.1, -0.05) is 12.1 Å². The standard InChI is InChI=1S/C24H34N2O5S/c1-18-5-4-6-20(13-18)31-17-22-21-8-12-32-23(21)7-9-26(22)24(28)15-25(10-11-29-2)14-19(27)16-30-3/h4-6,8,12-13,19,22,27H,7,9-11,14-17H2,1-3H3. The quantitative estimate of drug-likeness (QED) is 0.523. The Labute approximate surface area is 194 Å². The molecule has 2 aromatic rings. The second kappa shape index (κ2) is 12.3. The minimum atomic E-state index is -0.657. The number of amides is 1. The third-order valence-electron chi connectivity index (χ3n) is 5.61. The van der Waals surface area contributed by atoms with Crippen molar-refractivity contribution in [1.29, 1.82) is 0 Å². The molecule has 8 heteroatoms. The van der Waals surface area contributed by atoms with Crippen molar-refractivity contribution in [2.45, 2.75) is 25.5 Å². The van der Waals surface area contributed by atoms with Crippen LogP contribution in [0.1, 0.15) is 22.0 Å². The molecule has 1 aliphatic rings. The molecule has 0 radical (unpaired) electrons. The van der Waals surface area contributed by atoms with Crippen LogP contribution in [0, 0.1) is 6.92 Å². The Hall–Kier alpha value is -1.97. The number of rotatable bonds is 12. The average Bonchev–Trinajstić information content (AvgIpc) is 3.25. The molecule has 2 unspecified atom stereocenters. The summed E-state index contributed by atoms with van der Waals surface area (Å²) >= 11 is 1.74. The summed E-state index contributed by atoms with van der Waals surface area (Å²) in [5, 5.41) is 12.3. The van der Waals surface area contributed by atoms with Crippen LogP contribution in [-0.2, 0) is 20.7 Å². The van der Waals surface area contributed by atoms with E-state index in [1.165, 1.54) is 10.4 Å². The number of carbonyl (C=O) groups excluding carboxylic acids is 1. The first kappa shape index (κ1) is 24.7. The number of hydrogen-bond donors (Lipinski definition) is 1. The lowest BCUT2D eigenvalue weighted by molar-refractivity contribution is -0.136. The Morgan fingerprint density at radius 3 is 2.91 bits per heavy atom. The average molecular weight is 463 g/mol. The Bertz CT molecular complexity index is 858. The number of fused-ring (bicyclic) bond motifs is 1. The zero-order valence-corrected chi connectivity index (χ0v) is 20.0. The first-order valence-electron chi connectivity index (χ1n) is 10.9. The van der Waals surface area contributed by atoms with Gasteiger partial charge >= 0.3 is 0 Å². The number of hydrogen-bond acceptors (Lipinski definition) is 7. The van der Waals surface area contributed by atoms with Crippen LogP contribution in [0.2, 0.25) is 0 Å². The summed E-state index contributed by atoms with van der Waals surface area (Å²) in [6.45, 7) is 4.94. The second-order valence-electron chi connectivity index (χ2n) is 8.12. The molecule has 7 nitrogen and oxygen atoms in total. The maximum Gasteiger partial charge on any atom is 0.237 e. The summed E-state index contributed by atoms with van der Waals surface area (Å²) in [5.74, 6) is 0.838. The Balaban J connectivity index is 1.71. The molecule has 1 aromatic heterocycles. The van der Waals surface area contributed by atoms with Crippen molar-refractivity contribution < 1.29 is 24.1 Å². The van der Waals surface area contributed by atoms with Crippen LogP contribution < -0.4 is 4.74 Å². The summed E-state index contributed by atoms with van der Waals surface area (Å²) in [4.78, 5) is 18.6. The van der Waals surface area contributed by atoms with Crippen molar-refractivity contribution in [2.24, 2.45) is 0 Å². The molecule has 0 fully saturated rings. The van der Waals surface area contributed by atoms with E-state index >= 15 is 0 Å². The summed E-state index contributed by atoms with van der Waals surface area (Å²) < 4.78 is 16.4. The first-order valence-corrected chi connectivity index (χ1v) is 11.8. The lowest BCUT2D eigenvalue weighted by atomic mass is 10.0. The van der Waals surface area contributed by atoms with Gasteiger partial charge < -0.3 is 24.2 Å². The number of aryl methyl sites for hydroxylation is 1. The van der Waals surface area contributed by atoms with E-state index in [2.05, 4.69) is 11.4 Å². The van der Waals surface area contributed by atoms with E-state index in [9.17, 15) is 9.90 Å². The monoisotopic (exact) mass is 462 g/mol. The molecule has 2 heterocycles. The number of aliphatic hydroxyl groups excluding tert-OH is 1. The molecule has 1 aromatic carbocycles. The molecule has 32 heavy (non-hydrogen) atoms. The van der Waals surface area contributed by atoms with E-state index < -0.39 is 6.10 Å². The number of carbonyl (C=O) groups is 1. The van der Waals surface area contributed by atoms with Crippen molar-refractivity contribution in [3.05, 3.63) is 51.7 Å². The molecule has 0 saturated carbocycles. The number of methoxy groups -OCH3 is 2. The number of ether oxygens (including phenoxy) is 3. The van der Waals surface area contributed by atoms with Gasteiger partial charge in [-0.05, 0) is 48.1 Å². The Kier molecular flexibility index (Phi) is 9.50. The largest absolute Gasteiger partial charge is 0.491 e. The highest BCUT2D eigenvalue weighted by molar-refractivity contribution is 7.10. The summed E-state index contributed by atoms with van der Waals surface area (Å²) in [6, 6.07) is 9.93. The maximum atomic E-state index is 13.4. The van der Waals surface area contributed by atoms with Crippen LogP contribution >= 0.6 is 11.3 Å². The van der Waals surface area contributed by atoms with Crippen molar-refractivity contribution in [2.75, 3.05) is 60.2 Å². The SMILES string of the molecule is COCCN(CC(=O)N1CCc2sccc2C1COc1cccc(C)c1)CC(O)COC. The van der Waals surface area contributed by atoms with E-state index in [0.717, 1.165) is 17.7 Å². The van der Waals surface area contributed by atoms with Crippen LogP contribution in [-0.4, -0.2) is 87.1 Å². The van der Waals surface area contributed by atoms with Crippen LogP contribution in [0.3, 0.4) is 0 Å². The fourth-order valence-corrected chi connectivity index (χ4v) is 4.96. The van der Waals surface area contributed by atoms with E-state index in [-0.39, 0.29) is 25.1 Å². The van der Waals surface area contributed by atoms with Crippen molar-refractivity contribution in [3.8, 4) is 5.75 Å². The molecular formula is C24H34N2O5S. The van der Waals surface area contributed by atoms with Crippen LogP contribution in [0.5, 0.6) is 5.75 Å². The molecule has 176 valence electrons. The normalized spacial score (nSPS) is 16.8. The highest BCUT2D eigenvalue weighted by Crippen LogP contribution is 2.34. The molecule has 1 N–H and O–H groups in total. The first-order chi connectivity index (χ1) is 15.5. The fraction of sp³-hybridized carbons (Fsp3) is 0.542. The number of aliphatic hydroxyl groups is 1. The van der Waals surface area contributed by atoms with Gasteiger partial charge in [-0.25, -0.2) is 0 Å². The molecule has 3 rings (SSSR count). The molecule has 1 amide bonds. The smallest absolute Gasteiger partial charge is 0.237 e. The van der Waals surface area contributed by atoms with Gasteiger partial charge in [-0.2, -0.15) is 0 Å². The summed E-state index contributed by atoms with van der Waals surface area (Å²) in [7, 11) is 3.19. The van der Waals surface area contributed by atoms with Gasteiger partial charge in [0.1, 0.15) is 12.4 Å². The van der Waals surface area contributed by atoms with Crippen LogP contribution in [0.15, 0.2) is 35.7 Å². The maximum absolute atomic E-state index is 13.4. The molecule has 0 spiro atoms. The van der Waals surface area contributed by atoms with Crippen LogP contribution in [0.25, 0.3) is 0 Å². The number of thiophene rings is 1. The van der Waals surface area contributed by atoms with Gasteiger partial charge in [0.2, 0.25) is 5.91 Å². The lowest BCUT2D eigenvalue weighted by Crippen LogP contribution is -2.48. The highest BCUT2D eigenvalue weighted by atomic mass is 32.1. The van der Waals surface area contributed by atoms with E-state index in [0.29, 0.717) is 32.8 Å². The van der Waals surface area contributed by atoms with E-state index in [1.54, 1.807) is 25.6 Å². The van der Waals surface area contributed by atoms with Crippen molar-refractivity contribution in [3.63, 3.8) is 0 Å².